The number of para-hydroxylation sites is 1. The molecule has 2 unspecified atom stereocenters. The maximum Gasteiger partial charge on any atom is 0.309 e. The van der Waals surface area contributed by atoms with E-state index in [1.165, 1.54) is 46.7 Å². The molecule has 2 heterocycles. The summed E-state index contributed by atoms with van der Waals surface area (Å²) in [5, 5.41) is 3.77. The van der Waals surface area contributed by atoms with Crippen molar-refractivity contribution in [1.29, 1.82) is 0 Å². The number of rotatable bonds is 6. The third-order valence-electron chi connectivity index (χ3n) is 7.12. The molecule has 0 bridgehead atoms. The Balaban J connectivity index is 1.69. The van der Waals surface area contributed by atoms with E-state index in [1.807, 2.05) is 29.6 Å². The maximum absolute atomic E-state index is 14.4. The first kappa shape index (κ1) is 26.6. The van der Waals surface area contributed by atoms with Gasteiger partial charge in [-0.2, -0.15) is 11.3 Å². The third-order valence-corrected chi connectivity index (χ3v) is 10.1. The Bertz CT molecular complexity index is 1950. The van der Waals surface area contributed by atoms with Crippen molar-refractivity contribution in [3.63, 3.8) is 0 Å². The summed E-state index contributed by atoms with van der Waals surface area (Å²) in [5.41, 5.74) is 3.48. The van der Waals surface area contributed by atoms with Gasteiger partial charge in [0.2, 0.25) is 5.00 Å². The summed E-state index contributed by atoms with van der Waals surface area (Å²) in [6, 6.07) is 20.5. The van der Waals surface area contributed by atoms with Crippen LogP contribution in [0.3, 0.4) is 0 Å². The van der Waals surface area contributed by atoms with Gasteiger partial charge in [0.15, 0.2) is 0 Å². The fraction of sp³-hybridized carbons (Fsp3) is 0.133. The number of esters is 1. The maximum atomic E-state index is 14.4. The first-order chi connectivity index (χ1) is 19.2. The molecule has 200 valence electrons. The lowest BCUT2D eigenvalue weighted by molar-refractivity contribution is -0.142. The highest BCUT2D eigenvalue weighted by Crippen LogP contribution is 2.52. The molecule has 6 rings (SSSR count). The Morgan fingerprint density at radius 1 is 1.05 bits per heavy atom. The van der Waals surface area contributed by atoms with Crippen LogP contribution in [0.5, 0.6) is 0 Å². The molecule has 3 aromatic carbocycles. The van der Waals surface area contributed by atoms with Crippen molar-refractivity contribution in [3.8, 4) is 22.4 Å². The fourth-order valence-corrected chi connectivity index (χ4v) is 7.82. The van der Waals surface area contributed by atoms with Gasteiger partial charge in [0.25, 0.3) is 10.0 Å². The van der Waals surface area contributed by atoms with Crippen LogP contribution in [0.2, 0.25) is 10.0 Å². The predicted molar refractivity (Wildman–Crippen MR) is 159 cm³/mol. The zero-order valence-corrected chi connectivity index (χ0v) is 24.1. The van der Waals surface area contributed by atoms with Gasteiger partial charge in [-0.05, 0) is 71.8 Å². The van der Waals surface area contributed by atoms with Gasteiger partial charge in [-0.15, -0.1) is 0 Å². The summed E-state index contributed by atoms with van der Waals surface area (Å²) in [7, 11) is -2.78. The van der Waals surface area contributed by atoms with Gasteiger partial charge in [-0.25, -0.2) is 17.2 Å². The molecule has 1 saturated carbocycles. The first-order valence-electron chi connectivity index (χ1n) is 12.2. The summed E-state index contributed by atoms with van der Waals surface area (Å²) in [5.74, 6) is -0.643. The van der Waals surface area contributed by atoms with Gasteiger partial charge in [0, 0.05) is 32.1 Å². The zero-order chi connectivity index (χ0) is 28.2. The van der Waals surface area contributed by atoms with Crippen LogP contribution in [0.25, 0.3) is 38.1 Å². The number of ether oxygens (including phenoxy) is 1. The van der Waals surface area contributed by atoms with Crippen molar-refractivity contribution in [3.05, 3.63) is 105 Å². The molecule has 1 fully saturated rings. The number of carbonyl (C=O) groups excluding carboxylic acids is 1. The Morgan fingerprint density at radius 3 is 2.52 bits per heavy atom. The lowest BCUT2D eigenvalue weighted by atomic mass is 9.97. The van der Waals surface area contributed by atoms with E-state index in [2.05, 4.69) is 4.85 Å². The Morgan fingerprint density at radius 2 is 1.80 bits per heavy atom. The summed E-state index contributed by atoms with van der Waals surface area (Å²) in [4.78, 5) is 16.0. The number of methoxy groups -OCH3 is 1. The molecule has 2 atom stereocenters. The van der Waals surface area contributed by atoms with Gasteiger partial charge in [0.1, 0.15) is 0 Å². The molecule has 0 aliphatic heterocycles. The zero-order valence-electron chi connectivity index (χ0n) is 21.0. The Labute approximate surface area is 245 Å². The molecule has 0 N–H and O–H groups in total. The summed E-state index contributed by atoms with van der Waals surface area (Å²) in [6.07, 6.45) is 0.623. The molecule has 0 saturated heterocycles. The standard InChI is InChI=1S/C30H20Cl2N2O4S2/c1-33-29-23(11-12-39-29)27-22-5-3-4-6-26(22)34(40(36,37)21-9-7-19(31)8-10-21)28(27)18-13-17(14-20(32)15-18)24-16-25(24)30(35)38-2/h3-15,24-25H,16H2,2H3. The lowest BCUT2D eigenvalue weighted by Gasteiger charge is -2.15. The fourth-order valence-electron chi connectivity index (χ4n) is 5.22. The number of nitrogens with zero attached hydrogens (tertiary/aromatic N) is 2. The number of hydrogen-bond acceptors (Lipinski definition) is 5. The van der Waals surface area contributed by atoms with Crippen molar-refractivity contribution in [2.45, 2.75) is 17.2 Å². The number of thiophene rings is 1. The molecule has 0 amide bonds. The van der Waals surface area contributed by atoms with Crippen molar-refractivity contribution >= 4 is 66.4 Å². The largest absolute Gasteiger partial charge is 0.469 e. The van der Waals surface area contributed by atoms with Crippen molar-refractivity contribution < 1.29 is 17.9 Å². The molecular formula is C30H20Cl2N2O4S2. The average molecular weight is 608 g/mol. The first-order valence-corrected chi connectivity index (χ1v) is 15.3. The molecule has 40 heavy (non-hydrogen) atoms. The SMILES string of the molecule is [C-]#[N+]c1sccc1-c1c(-c2cc(Cl)cc(C3CC3C(=O)OC)c2)n(S(=O)(=O)c2ccc(Cl)cc2)c2ccccc12. The average Bonchev–Trinajstić information content (AvgIpc) is 3.48. The smallest absolute Gasteiger partial charge is 0.309 e. The van der Waals surface area contributed by atoms with E-state index in [9.17, 15) is 13.2 Å². The second-order valence-corrected chi connectivity index (χ2v) is 13.0. The van der Waals surface area contributed by atoms with E-state index in [0.29, 0.717) is 54.8 Å². The molecule has 6 nitrogen and oxygen atoms in total. The summed E-state index contributed by atoms with van der Waals surface area (Å²) >= 11 is 14.0. The van der Waals surface area contributed by atoms with Gasteiger partial charge in [-0.3, -0.25) is 4.79 Å². The second kappa shape index (κ2) is 10.1. The summed E-state index contributed by atoms with van der Waals surface area (Å²) in [6.45, 7) is 7.76. The van der Waals surface area contributed by atoms with Gasteiger partial charge < -0.3 is 4.74 Å². The molecule has 10 heteroatoms. The van der Waals surface area contributed by atoms with Crippen molar-refractivity contribution in [2.24, 2.45) is 5.92 Å². The molecule has 1 aliphatic rings. The van der Waals surface area contributed by atoms with Crippen LogP contribution >= 0.6 is 34.5 Å². The van der Waals surface area contributed by atoms with E-state index in [-0.39, 0.29) is 22.7 Å². The second-order valence-electron chi connectivity index (χ2n) is 9.46. The number of aromatic nitrogens is 1. The molecule has 0 spiro atoms. The molecular weight excluding hydrogens is 587 g/mol. The molecule has 2 aromatic heterocycles. The minimum absolute atomic E-state index is 0.0661. The van der Waals surface area contributed by atoms with Crippen LogP contribution in [-0.4, -0.2) is 25.5 Å². The molecule has 5 aromatic rings. The van der Waals surface area contributed by atoms with E-state index in [1.54, 1.807) is 24.3 Å². The number of hydrogen-bond donors (Lipinski definition) is 0. The van der Waals surface area contributed by atoms with Crippen molar-refractivity contribution in [2.75, 3.05) is 7.11 Å². The molecule has 1 aliphatic carbocycles. The van der Waals surface area contributed by atoms with E-state index >= 15 is 0 Å². The van der Waals surface area contributed by atoms with Crippen LogP contribution in [0.4, 0.5) is 5.00 Å². The minimum Gasteiger partial charge on any atom is -0.469 e. The van der Waals surface area contributed by atoms with E-state index in [0.717, 1.165) is 5.56 Å². The van der Waals surface area contributed by atoms with Crippen LogP contribution in [-0.2, 0) is 19.6 Å². The third kappa shape index (κ3) is 4.40. The highest BCUT2D eigenvalue weighted by atomic mass is 35.5. The lowest BCUT2D eigenvalue weighted by Crippen LogP contribution is -2.14. The Hall–Kier alpha value is -3.61. The van der Waals surface area contributed by atoms with Crippen LogP contribution < -0.4 is 0 Å². The Kier molecular flexibility index (Phi) is 6.71. The monoisotopic (exact) mass is 606 g/mol. The van der Waals surface area contributed by atoms with Crippen LogP contribution in [0, 0.1) is 12.5 Å². The van der Waals surface area contributed by atoms with Crippen LogP contribution in [0.1, 0.15) is 17.9 Å². The number of fused-ring (bicyclic) bond motifs is 1. The van der Waals surface area contributed by atoms with Crippen molar-refractivity contribution in [1.82, 2.24) is 3.97 Å². The number of carbonyl (C=O) groups is 1. The topological polar surface area (TPSA) is 69.7 Å². The highest BCUT2D eigenvalue weighted by molar-refractivity contribution is 7.90. The van der Waals surface area contributed by atoms with E-state index < -0.39 is 10.0 Å². The minimum atomic E-state index is -4.14. The van der Waals surface area contributed by atoms with Crippen LogP contribution in [0.15, 0.2) is 83.1 Å². The number of benzene rings is 3. The van der Waals surface area contributed by atoms with Gasteiger partial charge in [-0.1, -0.05) is 47.5 Å². The predicted octanol–water partition coefficient (Wildman–Crippen LogP) is 8.41. The summed E-state index contributed by atoms with van der Waals surface area (Å²) < 4.78 is 35.0. The molecule has 0 radical (unpaired) electrons. The van der Waals surface area contributed by atoms with E-state index in [4.69, 9.17) is 34.5 Å². The van der Waals surface area contributed by atoms with Gasteiger partial charge >= 0.3 is 5.97 Å². The van der Waals surface area contributed by atoms with Gasteiger partial charge in [0.05, 0.1) is 35.7 Å². The normalized spacial score (nSPS) is 16.6. The number of halogens is 2. The highest BCUT2D eigenvalue weighted by Gasteiger charge is 2.45. The quantitative estimate of drug-likeness (QED) is 0.144.